The standard InChI is InChI=1S/C37H43FN4O5S/c1-25(27-9-5-4-6-10-27)39-37(43)35-30-21-34(48(3,44)45)33(46-2)22-32(30)40-36(28-11-7-8-26(20-28)23-38)31(35)24-41-14-12-29(13-15-41)42-16-18-47-19-17-42/h4-11,20-22,25,29H,12-19,23-24H2,1-3H3,(H,39,43)/t25-/m0/s1. The van der Waals surface area contributed by atoms with Crippen molar-refractivity contribution in [3.63, 3.8) is 0 Å². The number of pyridine rings is 1. The fourth-order valence-electron chi connectivity index (χ4n) is 6.92. The summed E-state index contributed by atoms with van der Waals surface area (Å²) in [4.78, 5) is 24.5. The molecule has 3 heterocycles. The summed E-state index contributed by atoms with van der Waals surface area (Å²) in [6, 6.07) is 20.0. The fourth-order valence-corrected chi connectivity index (χ4v) is 7.76. The summed E-state index contributed by atoms with van der Waals surface area (Å²) >= 11 is 0. The Balaban J connectivity index is 1.50. The summed E-state index contributed by atoms with van der Waals surface area (Å²) in [5.74, 6) is -0.202. The van der Waals surface area contributed by atoms with Crippen LogP contribution in [0.3, 0.4) is 0 Å². The van der Waals surface area contributed by atoms with Gasteiger partial charge < -0.3 is 14.8 Å². The number of nitrogens with zero attached hydrogens (tertiary/aromatic N) is 3. The second-order valence-corrected chi connectivity index (χ2v) is 14.7. The van der Waals surface area contributed by atoms with E-state index in [0.29, 0.717) is 51.4 Å². The Morgan fingerprint density at radius 3 is 2.44 bits per heavy atom. The van der Waals surface area contributed by atoms with Gasteiger partial charge in [0.15, 0.2) is 9.84 Å². The number of fused-ring (bicyclic) bond motifs is 1. The van der Waals surface area contributed by atoms with Gasteiger partial charge in [-0.15, -0.1) is 0 Å². The molecule has 11 heteroatoms. The van der Waals surface area contributed by atoms with Gasteiger partial charge in [-0.3, -0.25) is 14.6 Å². The van der Waals surface area contributed by atoms with E-state index in [9.17, 15) is 17.6 Å². The number of carbonyl (C=O) groups excluding carboxylic acids is 1. The number of piperidine rings is 1. The molecule has 0 radical (unpaired) electrons. The number of nitrogens with one attached hydrogen (secondary N) is 1. The lowest BCUT2D eigenvalue weighted by Crippen LogP contribution is -2.48. The number of morpholine rings is 1. The molecule has 254 valence electrons. The highest BCUT2D eigenvalue weighted by Crippen LogP contribution is 2.37. The number of amides is 1. The molecule has 3 aromatic carbocycles. The molecule has 1 N–H and O–H groups in total. The third-order valence-electron chi connectivity index (χ3n) is 9.50. The van der Waals surface area contributed by atoms with Crippen molar-refractivity contribution < 1.29 is 27.1 Å². The summed E-state index contributed by atoms with van der Waals surface area (Å²) in [7, 11) is -2.32. The first-order valence-electron chi connectivity index (χ1n) is 16.5. The van der Waals surface area contributed by atoms with Gasteiger partial charge in [0.1, 0.15) is 17.3 Å². The molecule has 0 aliphatic carbocycles. The van der Waals surface area contributed by atoms with Crippen molar-refractivity contribution in [1.29, 1.82) is 0 Å². The van der Waals surface area contributed by atoms with Crippen molar-refractivity contribution in [2.24, 2.45) is 0 Å². The summed E-state index contributed by atoms with van der Waals surface area (Å²) in [5, 5.41) is 3.59. The second-order valence-electron chi connectivity index (χ2n) is 12.7. The van der Waals surface area contributed by atoms with Crippen molar-refractivity contribution >= 4 is 26.6 Å². The maximum Gasteiger partial charge on any atom is 0.252 e. The molecule has 4 aromatic rings. The van der Waals surface area contributed by atoms with Crippen LogP contribution in [0.15, 0.2) is 71.6 Å². The molecule has 0 saturated carbocycles. The molecule has 1 aromatic heterocycles. The van der Waals surface area contributed by atoms with Crippen molar-refractivity contribution in [1.82, 2.24) is 20.1 Å². The molecule has 6 rings (SSSR count). The van der Waals surface area contributed by atoms with Gasteiger partial charge in [-0.1, -0.05) is 48.5 Å². The van der Waals surface area contributed by atoms with E-state index in [4.69, 9.17) is 14.5 Å². The lowest BCUT2D eigenvalue weighted by Gasteiger charge is -2.40. The lowest BCUT2D eigenvalue weighted by molar-refractivity contribution is 0.000225. The smallest absolute Gasteiger partial charge is 0.252 e. The number of benzene rings is 3. The molecule has 0 spiro atoms. The number of ether oxygens (including phenoxy) is 2. The van der Waals surface area contributed by atoms with Crippen LogP contribution in [-0.2, 0) is 27.8 Å². The van der Waals surface area contributed by atoms with E-state index in [1.54, 1.807) is 24.3 Å². The average Bonchev–Trinajstić information content (AvgIpc) is 3.11. The van der Waals surface area contributed by atoms with Gasteiger partial charge in [-0.2, -0.15) is 0 Å². The first-order valence-corrected chi connectivity index (χ1v) is 18.3. The first kappa shape index (κ1) is 34.0. The number of hydrogen-bond donors (Lipinski definition) is 1. The Labute approximate surface area is 282 Å². The number of carbonyl (C=O) groups is 1. The van der Waals surface area contributed by atoms with E-state index >= 15 is 0 Å². The largest absolute Gasteiger partial charge is 0.495 e. The highest BCUT2D eigenvalue weighted by Gasteiger charge is 2.30. The molecule has 1 atom stereocenters. The first-order chi connectivity index (χ1) is 23.2. The molecule has 9 nitrogen and oxygen atoms in total. The Hall–Kier alpha value is -3.90. The number of likely N-dealkylation sites (tertiary alicyclic amines) is 1. The van der Waals surface area contributed by atoms with Crippen molar-refractivity contribution in [3.05, 3.63) is 89.0 Å². The third kappa shape index (κ3) is 7.39. The van der Waals surface area contributed by atoms with Gasteiger partial charge in [0.2, 0.25) is 0 Å². The quantitative estimate of drug-likeness (QED) is 0.233. The highest BCUT2D eigenvalue weighted by molar-refractivity contribution is 7.90. The number of alkyl halides is 1. The minimum atomic E-state index is -3.72. The Morgan fingerprint density at radius 2 is 1.77 bits per heavy atom. The fraction of sp³-hybridized carbons (Fsp3) is 0.405. The average molecular weight is 675 g/mol. The van der Waals surface area contributed by atoms with Gasteiger partial charge in [-0.05, 0) is 56.1 Å². The monoisotopic (exact) mass is 674 g/mol. The van der Waals surface area contributed by atoms with Gasteiger partial charge in [0.25, 0.3) is 5.91 Å². The zero-order chi connectivity index (χ0) is 33.8. The van der Waals surface area contributed by atoms with E-state index < -0.39 is 16.5 Å². The van der Waals surface area contributed by atoms with Crippen LogP contribution in [0, 0.1) is 0 Å². The molecular weight excluding hydrogens is 631 g/mol. The highest BCUT2D eigenvalue weighted by atomic mass is 32.2. The second kappa shape index (κ2) is 14.7. The van der Waals surface area contributed by atoms with Gasteiger partial charge in [-0.25, -0.2) is 17.8 Å². The maximum absolute atomic E-state index is 14.6. The van der Waals surface area contributed by atoms with Crippen LogP contribution in [0.5, 0.6) is 5.75 Å². The van der Waals surface area contributed by atoms with E-state index in [0.717, 1.165) is 64.1 Å². The molecule has 48 heavy (non-hydrogen) atoms. The van der Waals surface area contributed by atoms with Crippen molar-refractivity contribution in [2.45, 2.75) is 50.0 Å². The Bertz CT molecular complexity index is 1870. The zero-order valence-electron chi connectivity index (χ0n) is 27.7. The van der Waals surface area contributed by atoms with E-state index in [1.165, 1.54) is 13.2 Å². The number of aromatic nitrogens is 1. The Morgan fingerprint density at radius 1 is 1.04 bits per heavy atom. The van der Waals surface area contributed by atoms with Crippen LogP contribution in [0.4, 0.5) is 4.39 Å². The summed E-state index contributed by atoms with van der Waals surface area (Å²) < 4.78 is 50.9. The molecule has 2 aliphatic rings. The normalized spacial score (nSPS) is 17.3. The van der Waals surface area contributed by atoms with E-state index in [-0.39, 0.29) is 22.6 Å². The van der Waals surface area contributed by atoms with Gasteiger partial charge >= 0.3 is 0 Å². The number of methoxy groups -OCH3 is 1. The number of halogens is 1. The van der Waals surface area contributed by atoms with Crippen LogP contribution < -0.4 is 10.1 Å². The van der Waals surface area contributed by atoms with Crippen LogP contribution in [0.25, 0.3) is 22.2 Å². The van der Waals surface area contributed by atoms with Crippen molar-refractivity contribution in [3.8, 4) is 17.0 Å². The minimum absolute atomic E-state index is 0.0195. The minimum Gasteiger partial charge on any atom is -0.495 e. The number of rotatable bonds is 10. The van der Waals surface area contributed by atoms with Crippen LogP contribution >= 0.6 is 0 Å². The van der Waals surface area contributed by atoms with Crippen LogP contribution in [0.2, 0.25) is 0 Å². The SMILES string of the molecule is COc1cc2nc(-c3cccc(CF)c3)c(CN3CCC(N4CCOCC4)CC3)c(C(=O)N[C@@H](C)c3ccccc3)c2cc1S(C)(=O)=O. The Kier molecular flexibility index (Phi) is 10.4. The van der Waals surface area contributed by atoms with Crippen LogP contribution in [-0.4, -0.2) is 87.9 Å². The lowest BCUT2D eigenvalue weighted by atomic mass is 9.93. The number of hydrogen-bond acceptors (Lipinski definition) is 8. The summed E-state index contributed by atoms with van der Waals surface area (Å²) in [5.41, 5.74) is 4.11. The van der Waals surface area contributed by atoms with Gasteiger partial charge in [0.05, 0.1) is 43.1 Å². The molecular formula is C37H43FN4O5S. The molecule has 2 fully saturated rings. The molecule has 2 aliphatic heterocycles. The topological polar surface area (TPSA) is 101 Å². The molecule has 0 bridgehead atoms. The maximum atomic E-state index is 14.6. The van der Waals surface area contributed by atoms with E-state index in [1.807, 2.05) is 43.3 Å². The molecule has 1 amide bonds. The molecule has 0 unspecified atom stereocenters. The number of sulfone groups is 1. The molecule has 2 saturated heterocycles. The predicted octanol–water partition coefficient (Wildman–Crippen LogP) is 5.57. The van der Waals surface area contributed by atoms with Crippen LogP contribution in [0.1, 0.15) is 52.9 Å². The van der Waals surface area contributed by atoms with Gasteiger partial charge in [0, 0.05) is 54.5 Å². The van der Waals surface area contributed by atoms with E-state index in [2.05, 4.69) is 15.1 Å². The zero-order valence-corrected chi connectivity index (χ0v) is 28.6. The third-order valence-corrected chi connectivity index (χ3v) is 10.6. The predicted molar refractivity (Wildman–Crippen MR) is 185 cm³/mol. The summed E-state index contributed by atoms with van der Waals surface area (Å²) in [6.07, 6.45) is 3.09. The summed E-state index contributed by atoms with van der Waals surface area (Å²) in [6.45, 7) is 6.72. The van der Waals surface area contributed by atoms with Crippen molar-refractivity contribution in [2.75, 3.05) is 52.8 Å².